The highest BCUT2D eigenvalue weighted by Gasteiger charge is 2.37. The van der Waals surface area contributed by atoms with E-state index in [4.69, 9.17) is 0 Å². The van der Waals surface area contributed by atoms with Gasteiger partial charge in [0.2, 0.25) is 0 Å². The van der Waals surface area contributed by atoms with Gasteiger partial charge in [-0.1, -0.05) is 0 Å². The predicted molar refractivity (Wildman–Crippen MR) is 47.8 cm³/mol. The number of alkyl halides is 2. The van der Waals surface area contributed by atoms with Crippen LogP contribution in [0.5, 0.6) is 0 Å². The fraction of sp³-hybridized carbons (Fsp3) is 0.800. The van der Waals surface area contributed by atoms with Crippen molar-refractivity contribution >= 4 is 0 Å². The average molecular weight is 208 g/mol. The zero-order chi connectivity index (χ0) is 10.9. The summed E-state index contributed by atoms with van der Waals surface area (Å²) in [6.07, 6.45) is 0.163. The van der Waals surface area contributed by atoms with E-state index >= 15 is 0 Å². The maximum absolute atomic E-state index is 13.5. The summed E-state index contributed by atoms with van der Waals surface area (Å²) in [5.41, 5.74) is -0.436. The fourth-order valence-corrected chi connectivity index (χ4v) is 1.85. The van der Waals surface area contributed by atoms with Gasteiger partial charge in [-0.25, -0.2) is 13.2 Å². The Morgan fingerprint density at radius 1 is 1.50 bits per heavy atom. The number of aliphatic hydroxyl groups is 1. The van der Waals surface area contributed by atoms with E-state index in [-0.39, 0.29) is 6.42 Å². The van der Waals surface area contributed by atoms with Gasteiger partial charge in [-0.05, 0) is 26.2 Å². The summed E-state index contributed by atoms with van der Waals surface area (Å²) in [5.74, 6) is -4.65. The number of halogens is 3. The maximum atomic E-state index is 13.5. The second kappa shape index (κ2) is 3.93. The van der Waals surface area contributed by atoms with Crippen LogP contribution in [0.25, 0.3) is 0 Å². The normalized spacial score (nSPS) is 26.6. The molecule has 4 heteroatoms. The summed E-state index contributed by atoms with van der Waals surface area (Å²) < 4.78 is 39.3. The zero-order valence-electron chi connectivity index (χ0n) is 8.36. The number of hydrogen-bond donors (Lipinski definition) is 1. The highest BCUT2D eigenvalue weighted by atomic mass is 19.3. The molecule has 1 rings (SSSR count). The minimum absolute atomic E-state index is 0.0958. The van der Waals surface area contributed by atoms with Crippen LogP contribution in [0.15, 0.2) is 11.4 Å². The molecule has 0 aromatic heterocycles. The molecule has 0 fully saturated rings. The van der Waals surface area contributed by atoms with Crippen molar-refractivity contribution in [3.05, 3.63) is 11.4 Å². The molecule has 0 saturated heterocycles. The molecular formula is C10H15F3O. The van der Waals surface area contributed by atoms with Crippen molar-refractivity contribution in [2.24, 2.45) is 5.92 Å². The monoisotopic (exact) mass is 208 g/mol. The van der Waals surface area contributed by atoms with E-state index in [0.29, 0.717) is 19.8 Å². The molecule has 0 radical (unpaired) electrons. The Morgan fingerprint density at radius 2 is 2.07 bits per heavy atom. The number of rotatable bonds is 2. The standard InChI is InChI=1S/C10H15F3O/c1-6(14)7-4-3-5-8(9(7)11)10(2,12)13/h6-7,14H,3-5H2,1-2H3/t6-,7+/m1/s1. The van der Waals surface area contributed by atoms with Crippen LogP contribution >= 0.6 is 0 Å². The van der Waals surface area contributed by atoms with Gasteiger partial charge in [0.25, 0.3) is 5.92 Å². The van der Waals surface area contributed by atoms with E-state index in [1.807, 2.05) is 0 Å². The Balaban J connectivity index is 2.97. The number of allylic oxidation sites excluding steroid dienone is 1. The first-order valence-electron chi connectivity index (χ1n) is 4.79. The van der Waals surface area contributed by atoms with Crippen molar-refractivity contribution < 1.29 is 18.3 Å². The van der Waals surface area contributed by atoms with Gasteiger partial charge in [0.15, 0.2) is 0 Å². The second-order valence-corrected chi connectivity index (χ2v) is 3.95. The third-order valence-corrected chi connectivity index (χ3v) is 2.67. The van der Waals surface area contributed by atoms with Gasteiger partial charge in [0.05, 0.1) is 6.10 Å². The van der Waals surface area contributed by atoms with Crippen LogP contribution in [0.4, 0.5) is 13.2 Å². The van der Waals surface area contributed by atoms with Gasteiger partial charge in [0.1, 0.15) is 5.83 Å². The highest BCUT2D eigenvalue weighted by Crippen LogP contribution is 2.40. The SMILES string of the molecule is C[C@@H](O)[C@@H]1CCCC(C(C)(F)F)=C1F. The lowest BCUT2D eigenvalue weighted by molar-refractivity contribution is 0.0445. The zero-order valence-corrected chi connectivity index (χ0v) is 8.36. The minimum Gasteiger partial charge on any atom is -0.393 e. The van der Waals surface area contributed by atoms with Gasteiger partial charge >= 0.3 is 0 Å². The Bertz CT molecular complexity index is 240. The van der Waals surface area contributed by atoms with Gasteiger partial charge in [-0.3, -0.25) is 0 Å². The molecule has 1 nitrogen and oxygen atoms in total. The van der Waals surface area contributed by atoms with E-state index in [0.717, 1.165) is 0 Å². The Hall–Kier alpha value is -0.510. The van der Waals surface area contributed by atoms with Gasteiger partial charge in [0, 0.05) is 18.4 Å². The topological polar surface area (TPSA) is 20.2 Å². The molecule has 0 aliphatic heterocycles. The fourth-order valence-electron chi connectivity index (χ4n) is 1.85. The van der Waals surface area contributed by atoms with E-state index in [1.165, 1.54) is 6.92 Å². The summed E-state index contributed by atoms with van der Waals surface area (Å²) in [7, 11) is 0. The lowest BCUT2D eigenvalue weighted by Gasteiger charge is -2.28. The molecular weight excluding hydrogens is 193 g/mol. The van der Waals surface area contributed by atoms with Crippen molar-refractivity contribution in [1.29, 1.82) is 0 Å². The molecule has 1 aliphatic carbocycles. The summed E-state index contributed by atoms with van der Waals surface area (Å²) >= 11 is 0. The predicted octanol–water partition coefficient (Wildman–Crippen LogP) is 3.05. The molecule has 0 amide bonds. The van der Waals surface area contributed by atoms with E-state index in [2.05, 4.69) is 0 Å². The minimum atomic E-state index is -3.10. The van der Waals surface area contributed by atoms with Crippen molar-refractivity contribution in [2.45, 2.75) is 45.1 Å². The molecule has 0 bridgehead atoms. The molecule has 0 aromatic rings. The number of hydrogen-bond acceptors (Lipinski definition) is 1. The Labute approximate surface area is 81.6 Å². The van der Waals surface area contributed by atoms with Crippen molar-refractivity contribution in [2.75, 3.05) is 0 Å². The maximum Gasteiger partial charge on any atom is 0.269 e. The highest BCUT2D eigenvalue weighted by molar-refractivity contribution is 5.21. The molecule has 2 atom stereocenters. The van der Waals surface area contributed by atoms with Gasteiger partial charge < -0.3 is 5.11 Å². The van der Waals surface area contributed by atoms with Gasteiger partial charge in [-0.2, -0.15) is 0 Å². The molecule has 0 heterocycles. The third kappa shape index (κ3) is 2.29. The number of aliphatic hydroxyl groups excluding tert-OH is 1. The van der Waals surface area contributed by atoms with Gasteiger partial charge in [-0.15, -0.1) is 0 Å². The van der Waals surface area contributed by atoms with Crippen LogP contribution in [0.2, 0.25) is 0 Å². The van der Waals surface area contributed by atoms with Crippen LogP contribution in [-0.4, -0.2) is 17.1 Å². The van der Waals surface area contributed by atoms with E-state index in [9.17, 15) is 18.3 Å². The summed E-state index contributed by atoms with van der Waals surface area (Å²) in [6.45, 7) is 2.13. The molecule has 0 spiro atoms. The van der Waals surface area contributed by atoms with Crippen LogP contribution in [0.3, 0.4) is 0 Å². The van der Waals surface area contributed by atoms with Crippen molar-refractivity contribution in [3.63, 3.8) is 0 Å². The second-order valence-electron chi connectivity index (χ2n) is 3.95. The third-order valence-electron chi connectivity index (χ3n) is 2.67. The molecule has 0 saturated carbocycles. The molecule has 1 aliphatic rings. The summed E-state index contributed by atoms with van der Waals surface area (Å²) in [6, 6.07) is 0. The molecule has 14 heavy (non-hydrogen) atoms. The van der Waals surface area contributed by atoms with Crippen LogP contribution in [-0.2, 0) is 0 Å². The smallest absolute Gasteiger partial charge is 0.269 e. The molecule has 0 aromatic carbocycles. The Kier molecular flexibility index (Phi) is 3.24. The van der Waals surface area contributed by atoms with E-state index < -0.39 is 29.3 Å². The van der Waals surface area contributed by atoms with Crippen LogP contribution < -0.4 is 0 Å². The first-order valence-corrected chi connectivity index (χ1v) is 4.79. The summed E-state index contributed by atoms with van der Waals surface area (Å²) in [5, 5.41) is 9.21. The first kappa shape index (κ1) is 11.6. The summed E-state index contributed by atoms with van der Waals surface area (Å²) in [4.78, 5) is 0. The van der Waals surface area contributed by atoms with Crippen molar-refractivity contribution in [1.82, 2.24) is 0 Å². The lowest BCUT2D eigenvalue weighted by atomic mass is 9.84. The quantitative estimate of drug-likeness (QED) is 0.739. The van der Waals surface area contributed by atoms with Crippen LogP contribution in [0, 0.1) is 5.92 Å². The molecule has 0 unspecified atom stereocenters. The van der Waals surface area contributed by atoms with E-state index in [1.54, 1.807) is 0 Å². The largest absolute Gasteiger partial charge is 0.393 e. The molecule has 82 valence electrons. The van der Waals surface area contributed by atoms with Crippen molar-refractivity contribution in [3.8, 4) is 0 Å². The lowest BCUT2D eigenvalue weighted by Crippen LogP contribution is -2.26. The molecule has 1 N–H and O–H groups in total. The Morgan fingerprint density at radius 3 is 2.50 bits per heavy atom. The average Bonchev–Trinajstić information content (AvgIpc) is 2.01. The first-order chi connectivity index (χ1) is 6.34. The van der Waals surface area contributed by atoms with Crippen LogP contribution in [0.1, 0.15) is 33.1 Å².